The third-order valence-corrected chi connectivity index (χ3v) is 11.0. The van der Waals surface area contributed by atoms with Gasteiger partial charge in [0.1, 0.15) is 11.4 Å². The molecule has 0 aromatic carbocycles. The largest absolute Gasteiger partial charge is 0.453 e. The highest BCUT2D eigenvalue weighted by atomic mass is 16.6. The number of carbonyl (C=O) groups is 2. The van der Waals surface area contributed by atoms with Gasteiger partial charge in [0.15, 0.2) is 0 Å². The molecule has 0 aromatic rings. The lowest BCUT2D eigenvalue weighted by Gasteiger charge is -2.62. The number of ketones is 1. The predicted octanol–water partition coefficient (Wildman–Crippen LogP) is 4.30. The Morgan fingerprint density at radius 1 is 1.10 bits per heavy atom. The summed E-state index contributed by atoms with van der Waals surface area (Å²) in [5.74, 6) is 1.18. The first-order valence-electron chi connectivity index (χ1n) is 11.6. The van der Waals surface area contributed by atoms with Gasteiger partial charge in [-0.15, -0.1) is 0 Å². The lowest BCUT2D eigenvalue weighted by atomic mass is 9.38. The van der Waals surface area contributed by atoms with Crippen molar-refractivity contribution in [2.45, 2.75) is 78.7 Å². The summed E-state index contributed by atoms with van der Waals surface area (Å²) in [6.45, 7) is 11.2. The minimum absolute atomic E-state index is 0.0109. The van der Waals surface area contributed by atoms with Crippen molar-refractivity contribution in [2.24, 2.45) is 45.3 Å². The molecule has 0 unspecified atom stereocenters. The van der Waals surface area contributed by atoms with Crippen LogP contribution in [-0.4, -0.2) is 29.1 Å². The van der Waals surface area contributed by atoms with E-state index in [0.29, 0.717) is 12.3 Å². The van der Waals surface area contributed by atoms with Gasteiger partial charge in [-0.05, 0) is 80.6 Å². The second-order valence-electron chi connectivity index (χ2n) is 11.8. The number of fused-ring (bicyclic) bond motifs is 2. The number of allylic oxidation sites excluding steroid dienone is 1. The average Bonchev–Trinajstić information content (AvgIpc) is 3.03. The summed E-state index contributed by atoms with van der Waals surface area (Å²) in [6, 6.07) is 0. The number of hydrogen-bond acceptors (Lipinski definition) is 4. The summed E-state index contributed by atoms with van der Waals surface area (Å²) >= 11 is 0. The van der Waals surface area contributed by atoms with Gasteiger partial charge in [0.2, 0.25) is 0 Å². The molecule has 0 aromatic heterocycles. The Balaban J connectivity index is 1.66. The van der Waals surface area contributed by atoms with Crippen LogP contribution in [0.5, 0.6) is 0 Å². The molecule has 1 saturated heterocycles. The highest BCUT2D eigenvalue weighted by Crippen LogP contribution is 2.77. The molecule has 1 aliphatic heterocycles. The van der Waals surface area contributed by atoms with E-state index >= 15 is 0 Å². The molecule has 29 heavy (non-hydrogen) atoms. The van der Waals surface area contributed by atoms with Crippen molar-refractivity contribution in [3.63, 3.8) is 0 Å². The van der Waals surface area contributed by atoms with E-state index in [2.05, 4.69) is 32.9 Å². The lowest BCUT2D eigenvalue weighted by Crippen LogP contribution is -2.64. The zero-order chi connectivity index (χ0) is 21.0. The van der Waals surface area contributed by atoms with Crippen LogP contribution in [0.2, 0.25) is 0 Å². The lowest BCUT2D eigenvalue weighted by molar-refractivity contribution is -0.166. The SMILES string of the molecule is C[C@H](CO)[C@H]1CC[C@@]2(C)[C@@H]3C=C[C@@]45OC(=O)[C@]3(CC[C@]12C)[C@@H]4CCC(=O)C5(C)C. The Hall–Kier alpha value is -1.16. The highest BCUT2D eigenvalue weighted by molar-refractivity contribution is 5.92. The number of ether oxygens (including phenoxy) is 1. The molecule has 3 saturated carbocycles. The van der Waals surface area contributed by atoms with Crippen molar-refractivity contribution in [3.05, 3.63) is 12.2 Å². The van der Waals surface area contributed by atoms with Gasteiger partial charge in [-0.3, -0.25) is 9.59 Å². The van der Waals surface area contributed by atoms with Gasteiger partial charge < -0.3 is 9.84 Å². The van der Waals surface area contributed by atoms with Gasteiger partial charge >= 0.3 is 5.97 Å². The van der Waals surface area contributed by atoms with Crippen molar-refractivity contribution >= 4 is 11.8 Å². The van der Waals surface area contributed by atoms with E-state index in [-0.39, 0.29) is 46.9 Å². The zero-order valence-electron chi connectivity index (χ0n) is 18.6. The van der Waals surface area contributed by atoms with E-state index in [9.17, 15) is 14.7 Å². The topological polar surface area (TPSA) is 63.6 Å². The predicted molar refractivity (Wildman–Crippen MR) is 110 cm³/mol. The van der Waals surface area contributed by atoms with Crippen LogP contribution in [0, 0.1) is 45.3 Å². The molecule has 4 aliphatic carbocycles. The number of aliphatic hydroxyl groups is 1. The summed E-state index contributed by atoms with van der Waals surface area (Å²) in [7, 11) is 0. The van der Waals surface area contributed by atoms with Gasteiger partial charge in [-0.25, -0.2) is 0 Å². The highest BCUT2D eigenvalue weighted by Gasteiger charge is 2.79. The third kappa shape index (κ3) is 1.88. The number of aliphatic hydroxyl groups excluding tert-OH is 1. The molecule has 4 fully saturated rings. The molecule has 1 N–H and O–H groups in total. The summed E-state index contributed by atoms with van der Waals surface area (Å²) in [4.78, 5) is 26.5. The minimum atomic E-state index is -0.767. The molecule has 8 atom stereocenters. The molecule has 4 nitrogen and oxygen atoms in total. The molecule has 1 heterocycles. The molecular weight excluding hydrogens is 364 g/mol. The zero-order valence-corrected chi connectivity index (χ0v) is 18.6. The van der Waals surface area contributed by atoms with E-state index in [1.165, 1.54) is 0 Å². The van der Waals surface area contributed by atoms with Gasteiger partial charge in [-0.2, -0.15) is 0 Å². The molecule has 1 spiro atoms. The van der Waals surface area contributed by atoms with Crippen LogP contribution in [0.15, 0.2) is 12.2 Å². The van der Waals surface area contributed by atoms with E-state index < -0.39 is 16.4 Å². The number of rotatable bonds is 2. The van der Waals surface area contributed by atoms with Gasteiger partial charge in [-0.1, -0.05) is 26.8 Å². The molecular formula is C25H36O4. The first kappa shape index (κ1) is 19.8. The Morgan fingerprint density at radius 2 is 1.83 bits per heavy atom. The van der Waals surface area contributed by atoms with Crippen molar-refractivity contribution in [1.82, 2.24) is 0 Å². The number of esters is 1. The van der Waals surface area contributed by atoms with E-state index in [1.807, 2.05) is 13.8 Å². The number of carbonyl (C=O) groups excluding carboxylic acids is 2. The van der Waals surface area contributed by atoms with Crippen LogP contribution >= 0.6 is 0 Å². The van der Waals surface area contributed by atoms with Gasteiger partial charge in [0.25, 0.3) is 0 Å². The second-order valence-corrected chi connectivity index (χ2v) is 11.8. The minimum Gasteiger partial charge on any atom is -0.453 e. The molecule has 160 valence electrons. The fourth-order valence-corrected chi connectivity index (χ4v) is 8.98. The average molecular weight is 401 g/mol. The van der Waals surface area contributed by atoms with E-state index in [1.54, 1.807) is 0 Å². The molecule has 0 radical (unpaired) electrons. The molecule has 5 rings (SSSR count). The van der Waals surface area contributed by atoms with Crippen LogP contribution in [0.3, 0.4) is 0 Å². The van der Waals surface area contributed by atoms with Gasteiger partial charge in [0.05, 0.1) is 10.8 Å². The van der Waals surface area contributed by atoms with Crippen LogP contribution in [-0.2, 0) is 14.3 Å². The Kier molecular flexibility index (Phi) is 3.78. The van der Waals surface area contributed by atoms with Gasteiger partial charge in [0, 0.05) is 18.9 Å². The first-order chi connectivity index (χ1) is 13.5. The van der Waals surface area contributed by atoms with Crippen molar-refractivity contribution < 1.29 is 19.4 Å². The summed E-state index contributed by atoms with van der Waals surface area (Å²) in [6.07, 6.45) is 9.77. The standard InChI is InChI=1S/C25H36O4/c1-15(14-26)16-8-10-23(5)17-9-11-25-18(6-7-19(27)21(25,2)3)24(17,20(28)29-25)13-12-22(16,23)4/h9,11,15-18,26H,6-8,10,12-14H2,1-5H3/t15-,16-,17+,18+,22-,23+,24+,25-/m1/s1. The normalized spacial score (nSPS) is 53.1. The summed E-state index contributed by atoms with van der Waals surface area (Å²) in [5, 5.41) is 9.88. The third-order valence-electron chi connectivity index (χ3n) is 11.0. The Labute approximate surface area is 174 Å². The second kappa shape index (κ2) is 5.55. The van der Waals surface area contributed by atoms with E-state index in [4.69, 9.17) is 4.74 Å². The van der Waals surface area contributed by atoms with Crippen LogP contribution < -0.4 is 0 Å². The molecule has 4 heteroatoms. The maximum absolute atomic E-state index is 13.7. The summed E-state index contributed by atoms with van der Waals surface area (Å²) < 4.78 is 6.26. The van der Waals surface area contributed by atoms with Crippen molar-refractivity contribution in [1.29, 1.82) is 0 Å². The van der Waals surface area contributed by atoms with Crippen molar-refractivity contribution in [2.75, 3.05) is 6.61 Å². The maximum Gasteiger partial charge on any atom is 0.314 e. The summed E-state index contributed by atoms with van der Waals surface area (Å²) in [5.41, 5.74) is -1.80. The van der Waals surface area contributed by atoms with Crippen LogP contribution in [0.4, 0.5) is 0 Å². The first-order valence-corrected chi connectivity index (χ1v) is 11.6. The number of hydrogen-bond donors (Lipinski definition) is 1. The smallest absolute Gasteiger partial charge is 0.314 e. The maximum atomic E-state index is 13.7. The monoisotopic (exact) mass is 400 g/mol. The quantitative estimate of drug-likeness (QED) is 0.554. The Morgan fingerprint density at radius 3 is 2.52 bits per heavy atom. The Bertz CT molecular complexity index is 814. The van der Waals surface area contributed by atoms with Crippen LogP contribution in [0.25, 0.3) is 0 Å². The molecule has 0 amide bonds. The van der Waals surface area contributed by atoms with E-state index in [0.717, 1.165) is 32.1 Å². The fraction of sp³-hybridized carbons (Fsp3) is 0.840. The fourth-order valence-electron chi connectivity index (χ4n) is 8.98. The number of Topliss-reactive ketones (excluding diaryl/α,β-unsaturated/α-hetero) is 1. The molecule has 5 aliphatic rings. The van der Waals surface area contributed by atoms with Crippen LogP contribution in [0.1, 0.15) is 73.1 Å². The molecule has 2 bridgehead atoms. The van der Waals surface area contributed by atoms with Crippen molar-refractivity contribution in [3.8, 4) is 0 Å².